The van der Waals surface area contributed by atoms with Crippen molar-refractivity contribution in [3.63, 3.8) is 0 Å². The molecule has 0 radical (unpaired) electrons. The van der Waals surface area contributed by atoms with Crippen LogP contribution in [0.4, 0.5) is 0 Å². The maximum absolute atomic E-state index is 13.4. The fourth-order valence-corrected chi connectivity index (χ4v) is 9.04. The number of hydrogen-bond acceptors (Lipinski definition) is 3. The maximum atomic E-state index is 13.4. The quantitative estimate of drug-likeness (QED) is 0.413. The van der Waals surface area contributed by atoms with Gasteiger partial charge in [0, 0.05) is 0 Å². The van der Waals surface area contributed by atoms with Crippen LogP contribution >= 0.6 is 0 Å². The summed E-state index contributed by atoms with van der Waals surface area (Å²) in [5.74, 6) is -1.81. The second-order valence-electron chi connectivity index (χ2n) is 5.41. The molecular formula is C16H15NO5SSe. The number of carboxylic acids is 2. The molecule has 0 amide bonds. The Morgan fingerprint density at radius 2 is 1.54 bits per heavy atom. The summed E-state index contributed by atoms with van der Waals surface area (Å²) >= 11 is -0.195. The van der Waals surface area contributed by atoms with Crippen molar-refractivity contribution >= 4 is 41.7 Å². The van der Waals surface area contributed by atoms with E-state index in [1.807, 2.05) is 0 Å². The van der Waals surface area contributed by atoms with E-state index in [1.165, 1.54) is 0 Å². The van der Waals surface area contributed by atoms with E-state index >= 15 is 0 Å². The summed E-state index contributed by atoms with van der Waals surface area (Å²) in [6.07, 6.45) is -0.130. The monoisotopic (exact) mass is 413 g/mol. The van der Waals surface area contributed by atoms with E-state index in [0.29, 0.717) is 20.9 Å². The molecule has 0 saturated carbocycles. The number of aliphatic carboxylic acids is 2. The third kappa shape index (κ3) is 3.27. The number of fused-ring (bicyclic) bond motifs is 1. The van der Waals surface area contributed by atoms with Gasteiger partial charge in [-0.1, -0.05) is 0 Å². The predicted molar refractivity (Wildman–Crippen MR) is 90.2 cm³/mol. The molecule has 6 nitrogen and oxygen atoms in total. The fourth-order valence-electron chi connectivity index (χ4n) is 2.54. The van der Waals surface area contributed by atoms with Gasteiger partial charge in [0.05, 0.1) is 0 Å². The molecule has 1 aliphatic heterocycles. The first-order valence-corrected chi connectivity index (χ1v) is 10.5. The zero-order valence-electron chi connectivity index (χ0n) is 12.4. The summed E-state index contributed by atoms with van der Waals surface area (Å²) in [4.78, 5) is 22.9. The van der Waals surface area contributed by atoms with Crippen molar-refractivity contribution in [2.24, 2.45) is 0 Å². The number of thiol groups is 1. The topological polar surface area (TPSA) is 104 Å². The van der Waals surface area contributed by atoms with Crippen LogP contribution in [-0.2, 0) is 32.5 Å². The molecule has 24 heavy (non-hydrogen) atoms. The molecule has 1 aliphatic rings. The van der Waals surface area contributed by atoms with Crippen molar-refractivity contribution in [1.82, 2.24) is 3.74 Å². The van der Waals surface area contributed by atoms with E-state index in [0.717, 1.165) is 4.46 Å². The molecule has 0 aromatic heterocycles. The average Bonchev–Trinajstić information content (AvgIpc) is 2.85. The minimum atomic E-state index is -2.94. The molecule has 0 atom stereocenters. The van der Waals surface area contributed by atoms with Gasteiger partial charge in [-0.25, -0.2) is 0 Å². The summed E-state index contributed by atoms with van der Waals surface area (Å²) in [5, 5.41) is 17.7. The van der Waals surface area contributed by atoms with Gasteiger partial charge in [0.1, 0.15) is 0 Å². The molecule has 2 aromatic rings. The summed E-state index contributed by atoms with van der Waals surface area (Å²) in [5.41, 5.74) is 1.34. The first-order valence-electron chi connectivity index (χ1n) is 7.09. The van der Waals surface area contributed by atoms with E-state index < -0.39 is 22.1 Å². The van der Waals surface area contributed by atoms with Gasteiger partial charge in [-0.05, 0) is 0 Å². The zero-order chi connectivity index (χ0) is 17.3. The number of benzene rings is 2. The molecule has 8 heteroatoms. The van der Waals surface area contributed by atoms with Crippen molar-refractivity contribution in [2.45, 2.75) is 22.6 Å². The number of rotatable bonds is 5. The van der Waals surface area contributed by atoms with Crippen molar-refractivity contribution in [2.75, 3.05) is 0 Å². The van der Waals surface area contributed by atoms with Crippen molar-refractivity contribution in [3.05, 3.63) is 53.6 Å². The van der Waals surface area contributed by atoms with Crippen molar-refractivity contribution in [3.8, 4) is 0 Å². The van der Waals surface area contributed by atoms with E-state index in [9.17, 15) is 13.8 Å². The summed E-state index contributed by atoms with van der Waals surface area (Å²) < 4.78 is 17.4. The van der Waals surface area contributed by atoms with E-state index in [4.69, 9.17) is 10.2 Å². The second kappa shape index (κ2) is 6.49. The molecule has 2 aromatic carbocycles. The normalized spacial score (nSPS) is 16.3. The Hall–Kier alpha value is -1.99. The van der Waals surface area contributed by atoms with Crippen LogP contribution in [0.3, 0.4) is 0 Å². The Balaban J connectivity index is 1.92. The molecule has 3 rings (SSSR count). The van der Waals surface area contributed by atoms with Crippen LogP contribution in [0.25, 0.3) is 0 Å². The van der Waals surface area contributed by atoms with Crippen molar-refractivity contribution < 1.29 is 24.0 Å². The van der Waals surface area contributed by atoms with Crippen LogP contribution in [0.15, 0.2) is 52.3 Å². The molecule has 126 valence electrons. The number of carboxylic acid groups (broad SMARTS) is 2. The molecule has 0 unspecified atom stereocenters. The van der Waals surface area contributed by atoms with Gasteiger partial charge >= 0.3 is 146 Å². The molecule has 0 spiro atoms. The summed E-state index contributed by atoms with van der Waals surface area (Å²) in [6, 6.07) is 12.0. The molecule has 0 bridgehead atoms. The van der Waals surface area contributed by atoms with E-state index in [-0.39, 0.29) is 28.0 Å². The van der Waals surface area contributed by atoms with Gasteiger partial charge in [-0.15, -0.1) is 0 Å². The number of hydrogen-bond donors (Lipinski definition) is 4. The van der Waals surface area contributed by atoms with Crippen LogP contribution in [0.5, 0.6) is 0 Å². The van der Waals surface area contributed by atoms with E-state index in [1.54, 1.807) is 42.5 Å². The first-order chi connectivity index (χ1) is 11.4. The van der Waals surface area contributed by atoms with Crippen molar-refractivity contribution in [1.29, 1.82) is 0 Å². The molecule has 1 heterocycles. The fraction of sp³-hybridized carbons (Fsp3) is 0.125. The van der Waals surface area contributed by atoms with Crippen LogP contribution in [0.1, 0.15) is 11.1 Å². The molecule has 0 aliphatic carbocycles. The Labute approximate surface area is 145 Å². The Kier molecular flexibility index (Phi) is 4.56. The van der Waals surface area contributed by atoms with Gasteiger partial charge in [0.2, 0.25) is 0 Å². The molecule has 3 N–H and O–H groups in total. The SMILES string of the molecule is O=C(O)Cc1ccc([SH]2(=O)N[Se]c3cc(CC(=O)O)ccc32)cc1. The second-order valence-corrected chi connectivity index (χ2v) is 10.3. The van der Waals surface area contributed by atoms with Crippen LogP contribution < -0.4 is 8.20 Å². The molecule has 0 fully saturated rings. The Morgan fingerprint density at radius 1 is 0.958 bits per heavy atom. The first kappa shape index (κ1) is 16.9. The van der Waals surface area contributed by atoms with Crippen LogP contribution in [0, 0.1) is 0 Å². The van der Waals surface area contributed by atoms with Gasteiger partial charge < -0.3 is 0 Å². The number of nitrogens with one attached hydrogen (secondary N) is 1. The number of carbonyl (C=O) groups is 2. The van der Waals surface area contributed by atoms with Crippen LogP contribution in [0.2, 0.25) is 0 Å². The van der Waals surface area contributed by atoms with Gasteiger partial charge in [-0.2, -0.15) is 0 Å². The third-order valence-corrected chi connectivity index (χ3v) is 9.80. The van der Waals surface area contributed by atoms with Gasteiger partial charge in [0.15, 0.2) is 0 Å². The Morgan fingerprint density at radius 3 is 2.17 bits per heavy atom. The summed E-state index contributed by atoms with van der Waals surface area (Å²) in [6.45, 7) is 0. The minimum absolute atomic E-state index is 0.0580. The van der Waals surface area contributed by atoms with Crippen LogP contribution in [-0.4, -0.2) is 41.5 Å². The zero-order valence-corrected chi connectivity index (χ0v) is 15.0. The Bertz CT molecular complexity index is 865. The summed E-state index contributed by atoms with van der Waals surface area (Å²) in [7, 11) is -2.94. The third-order valence-electron chi connectivity index (χ3n) is 3.66. The van der Waals surface area contributed by atoms with Gasteiger partial charge in [-0.3, -0.25) is 0 Å². The average molecular weight is 412 g/mol. The standard InChI is InChI=1S/C16H15NO5SSe/c18-15(19)8-10-1-4-12(5-2-10)23(22)13-6-3-11(9-16(20)21)7-14(13)24-17-23/h1-7,23H,8-9H2,(H,17,22)(H,18,19)(H,20,21). The molecule has 0 saturated heterocycles. The van der Waals surface area contributed by atoms with E-state index in [2.05, 4.69) is 3.74 Å². The molecular weight excluding hydrogens is 397 g/mol. The predicted octanol–water partition coefficient (Wildman–Crippen LogP) is 0.138. The van der Waals surface area contributed by atoms with Gasteiger partial charge in [0.25, 0.3) is 0 Å².